The molecular weight excluding hydrogens is 208 g/mol. The molecule has 1 atom stereocenters. The van der Waals surface area contributed by atoms with E-state index >= 15 is 0 Å². The van der Waals surface area contributed by atoms with Crippen LogP contribution in [0.15, 0.2) is 0 Å². The summed E-state index contributed by atoms with van der Waals surface area (Å²) in [5.74, 6) is 0. The van der Waals surface area contributed by atoms with Crippen molar-refractivity contribution in [2.24, 2.45) is 5.73 Å². The normalized spacial score (nSPS) is 13.0. The predicted molar refractivity (Wildman–Crippen MR) is 52.3 cm³/mol. The second kappa shape index (κ2) is 11.0. The van der Waals surface area contributed by atoms with Gasteiger partial charge in [-0.3, -0.25) is 9.05 Å². The summed E-state index contributed by atoms with van der Waals surface area (Å²) in [5, 5.41) is 3.11. The highest BCUT2D eigenvalue weighted by molar-refractivity contribution is 7.76. The standard InChI is InChI=1S/C6H18N4O3S/c7-3-1-2-4-8-5-6-13-9-10-14(11)12/h8-10H,1-7H2,(H,11,12)/p-1. The average molecular weight is 225 g/mol. The van der Waals surface area contributed by atoms with Gasteiger partial charge >= 0.3 is 0 Å². The Labute approximate surface area is 86.1 Å². The highest BCUT2D eigenvalue weighted by Crippen LogP contribution is 1.81. The number of hydrazine groups is 1. The molecule has 0 bridgehead atoms. The molecule has 7 nitrogen and oxygen atoms in total. The van der Waals surface area contributed by atoms with Crippen LogP contribution in [0.3, 0.4) is 0 Å². The molecule has 0 rings (SSSR count). The molecule has 0 fully saturated rings. The van der Waals surface area contributed by atoms with E-state index in [1.54, 1.807) is 0 Å². The molecule has 8 heteroatoms. The van der Waals surface area contributed by atoms with Crippen molar-refractivity contribution >= 4 is 11.3 Å². The Balaban J connectivity index is 2.88. The molecule has 0 aromatic carbocycles. The molecule has 0 heterocycles. The van der Waals surface area contributed by atoms with E-state index in [0.29, 0.717) is 19.7 Å². The SMILES string of the molecule is NCCCCNCCONNS(=O)[O-]. The first-order chi connectivity index (χ1) is 6.77. The molecule has 86 valence electrons. The number of hydrogen-bond acceptors (Lipinski definition) is 6. The second-order valence-corrected chi connectivity index (χ2v) is 3.21. The quantitative estimate of drug-likeness (QED) is 0.197. The smallest absolute Gasteiger partial charge is 0.0823 e. The highest BCUT2D eigenvalue weighted by Gasteiger charge is 1.88. The lowest BCUT2D eigenvalue weighted by Crippen LogP contribution is -2.35. The van der Waals surface area contributed by atoms with Gasteiger partial charge in [-0.05, 0) is 25.9 Å². The van der Waals surface area contributed by atoms with Crippen LogP contribution < -0.4 is 21.5 Å². The summed E-state index contributed by atoms with van der Waals surface area (Å²) in [6.45, 7) is 2.64. The molecule has 0 aliphatic heterocycles. The van der Waals surface area contributed by atoms with Crippen molar-refractivity contribution in [1.82, 2.24) is 15.7 Å². The fourth-order valence-corrected chi connectivity index (χ4v) is 0.884. The van der Waals surface area contributed by atoms with Gasteiger partial charge in [0.25, 0.3) is 0 Å². The first kappa shape index (κ1) is 13.9. The molecule has 5 N–H and O–H groups in total. The fourth-order valence-electron chi connectivity index (χ4n) is 0.757. The van der Waals surface area contributed by atoms with E-state index in [0.717, 1.165) is 19.4 Å². The van der Waals surface area contributed by atoms with Crippen molar-refractivity contribution in [2.75, 3.05) is 26.2 Å². The Morgan fingerprint density at radius 2 is 2.14 bits per heavy atom. The topological polar surface area (TPSA) is 111 Å². The van der Waals surface area contributed by atoms with Crippen LogP contribution in [0.2, 0.25) is 0 Å². The number of nitrogens with two attached hydrogens (primary N) is 1. The van der Waals surface area contributed by atoms with Crippen LogP contribution in [0, 0.1) is 0 Å². The summed E-state index contributed by atoms with van der Waals surface area (Å²) in [7, 11) is 0. The first-order valence-electron chi connectivity index (χ1n) is 4.40. The lowest BCUT2D eigenvalue weighted by atomic mass is 10.3. The van der Waals surface area contributed by atoms with Crippen molar-refractivity contribution in [3.8, 4) is 0 Å². The number of nitrogens with one attached hydrogen (secondary N) is 3. The average Bonchev–Trinajstić information content (AvgIpc) is 2.15. The molecule has 1 unspecified atom stereocenters. The lowest BCUT2D eigenvalue weighted by molar-refractivity contribution is 0.0298. The fraction of sp³-hybridized carbons (Fsp3) is 1.00. The third kappa shape index (κ3) is 11.9. The zero-order valence-corrected chi connectivity index (χ0v) is 8.77. The van der Waals surface area contributed by atoms with E-state index in [-0.39, 0.29) is 0 Å². The summed E-state index contributed by atoms with van der Waals surface area (Å²) < 4.78 is 19.9. The maximum Gasteiger partial charge on any atom is 0.0823 e. The molecule has 0 aliphatic rings. The molecule has 0 amide bonds. The van der Waals surface area contributed by atoms with Gasteiger partial charge in [0, 0.05) is 17.8 Å². The van der Waals surface area contributed by atoms with Gasteiger partial charge < -0.3 is 15.6 Å². The van der Waals surface area contributed by atoms with Crippen LogP contribution in [-0.2, 0) is 16.1 Å². The first-order valence-corrected chi connectivity index (χ1v) is 5.47. The Kier molecular flexibility index (Phi) is 10.9. The molecule has 14 heavy (non-hydrogen) atoms. The molecule has 0 radical (unpaired) electrons. The molecule has 0 aliphatic carbocycles. The van der Waals surface area contributed by atoms with Crippen LogP contribution in [-0.4, -0.2) is 35.0 Å². The number of hydrogen-bond donors (Lipinski definition) is 4. The minimum absolute atomic E-state index is 0.382. The Hall–Kier alpha value is -0.0900. The third-order valence-corrected chi connectivity index (χ3v) is 1.64. The summed E-state index contributed by atoms with van der Waals surface area (Å²) >= 11 is -2.35. The van der Waals surface area contributed by atoms with Crippen molar-refractivity contribution in [2.45, 2.75) is 12.8 Å². The summed E-state index contributed by atoms with van der Waals surface area (Å²) in [6.07, 6.45) is 2.04. The molecule has 0 saturated heterocycles. The maximum atomic E-state index is 9.93. The highest BCUT2D eigenvalue weighted by atomic mass is 32.2. The summed E-state index contributed by atoms with van der Waals surface area (Å²) in [5.41, 5.74) is 7.37. The van der Waals surface area contributed by atoms with Crippen molar-refractivity contribution in [3.63, 3.8) is 0 Å². The zero-order chi connectivity index (χ0) is 10.6. The van der Waals surface area contributed by atoms with Gasteiger partial charge in [0.2, 0.25) is 0 Å². The van der Waals surface area contributed by atoms with Gasteiger partial charge in [0.15, 0.2) is 0 Å². The van der Waals surface area contributed by atoms with E-state index in [2.05, 4.69) is 10.9 Å². The van der Waals surface area contributed by atoms with Crippen molar-refractivity contribution < 1.29 is 13.6 Å². The Morgan fingerprint density at radius 3 is 2.79 bits per heavy atom. The maximum absolute atomic E-state index is 9.93. The van der Waals surface area contributed by atoms with E-state index in [1.165, 1.54) is 0 Å². The number of rotatable bonds is 10. The van der Waals surface area contributed by atoms with Crippen LogP contribution in [0.5, 0.6) is 0 Å². The van der Waals surface area contributed by atoms with Gasteiger partial charge in [0.1, 0.15) is 0 Å². The van der Waals surface area contributed by atoms with Gasteiger partial charge in [-0.1, -0.05) is 0 Å². The van der Waals surface area contributed by atoms with Gasteiger partial charge in [-0.2, -0.15) is 4.83 Å². The monoisotopic (exact) mass is 225 g/mol. The molecular formula is C6H17N4O3S-. The van der Waals surface area contributed by atoms with E-state index in [4.69, 9.17) is 10.6 Å². The molecule has 0 aromatic rings. The van der Waals surface area contributed by atoms with Gasteiger partial charge in [-0.15, -0.1) is 5.59 Å². The second-order valence-electron chi connectivity index (χ2n) is 2.53. The van der Waals surface area contributed by atoms with E-state index < -0.39 is 11.3 Å². The Morgan fingerprint density at radius 1 is 1.36 bits per heavy atom. The van der Waals surface area contributed by atoms with E-state index in [1.807, 2.05) is 4.83 Å². The van der Waals surface area contributed by atoms with Crippen LogP contribution in [0.25, 0.3) is 0 Å². The van der Waals surface area contributed by atoms with E-state index in [9.17, 15) is 8.76 Å². The van der Waals surface area contributed by atoms with Crippen LogP contribution in [0.4, 0.5) is 0 Å². The van der Waals surface area contributed by atoms with Crippen LogP contribution >= 0.6 is 0 Å². The molecule has 0 saturated carbocycles. The summed E-state index contributed by atoms with van der Waals surface area (Å²) in [6, 6.07) is 0. The summed E-state index contributed by atoms with van der Waals surface area (Å²) in [4.78, 5) is 6.57. The van der Waals surface area contributed by atoms with Crippen molar-refractivity contribution in [1.29, 1.82) is 0 Å². The largest absolute Gasteiger partial charge is 0.759 e. The molecule has 0 aromatic heterocycles. The van der Waals surface area contributed by atoms with Gasteiger partial charge in [-0.25, -0.2) is 0 Å². The lowest BCUT2D eigenvalue weighted by Gasteiger charge is -2.09. The number of unbranched alkanes of at least 4 members (excludes halogenated alkanes) is 1. The van der Waals surface area contributed by atoms with Crippen molar-refractivity contribution in [3.05, 3.63) is 0 Å². The molecule has 0 spiro atoms. The Bertz CT molecular complexity index is 149. The third-order valence-electron chi connectivity index (χ3n) is 1.39. The predicted octanol–water partition coefficient (Wildman–Crippen LogP) is -1.87. The van der Waals surface area contributed by atoms with Gasteiger partial charge in [0.05, 0.1) is 6.61 Å². The zero-order valence-electron chi connectivity index (χ0n) is 7.95. The minimum Gasteiger partial charge on any atom is -0.759 e. The minimum atomic E-state index is -2.35. The van der Waals surface area contributed by atoms with Crippen LogP contribution in [0.1, 0.15) is 12.8 Å².